The van der Waals surface area contributed by atoms with Gasteiger partial charge in [0, 0.05) is 43.1 Å². The zero-order valence-corrected chi connectivity index (χ0v) is 13.1. The van der Waals surface area contributed by atoms with E-state index >= 15 is 0 Å². The number of hydrogen-bond donors (Lipinski definition) is 2. The van der Waals surface area contributed by atoms with Crippen LogP contribution in [0.5, 0.6) is 0 Å². The highest BCUT2D eigenvalue weighted by atomic mass is 16.2. The summed E-state index contributed by atoms with van der Waals surface area (Å²) in [4.78, 5) is 24.6. The van der Waals surface area contributed by atoms with Crippen molar-refractivity contribution < 1.29 is 4.79 Å². The molecular formula is C17H20N4O. The van der Waals surface area contributed by atoms with E-state index in [1.54, 1.807) is 11.1 Å². The van der Waals surface area contributed by atoms with Gasteiger partial charge in [0.05, 0.1) is 0 Å². The summed E-state index contributed by atoms with van der Waals surface area (Å²) < 4.78 is 0. The fourth-order valence-corrected chi connectivity index (χ4v) is 2.72. The molecule has 5 heteroatoms. The van der Waals surface area contributed by atoms with Crippen LogP contribution in [-0.2, 0) is 0 Å². The van der Waals surface area contributed by atoms with Crippen molar-refractivity contribution >= 4 is 16.9 Å². The van der Waals surface area contributed by atoms with Crippen molar-refractivity contribution in [1.29, 1.82) is 0 Å². The molecular weight excluding hydrogens is 276 g/mol. The summed E-state index contributed by atoms with van der Waals surface area (Å²) in [7, 11) is 1.83. The number of fused-ring (bicyclic) bond motifs is 1. The minimum Gasteiger partial charge on any atom is -0.357 e. The monoisotopic (exact) mass is 296 g/mol. The van der Waals surface area contributed by atoms with E-state index in [9.17, 15) is 4.79 Å². The normalized spacial score (nSPS) is 11.3. The van der Waals surface area contributed by atoms with Gasteiger partial charge >= 0.3 is 0 Å². The Morgan fingerprint density at radius 3 is 2.91 bits per heavy atom. The van der Waals surface area contributed by atoms with Crippen LogP contribution in [-0.4, -0.2) is 39.4 Å². The highest BCUT2D eigenvalue weighted by Crippen LogP contribution is 2.27. The molecule has 0 spiro atoms. The SMILES string of the molecule is CC(C)CN(C)C(=O)c1cc(-c2ccnc3[nH]ccc23)c[nH]1. The van der Waals surface area contributed by atoms with Crippen LogP contribution in [0.15, 0.2) is 36.8 Å². The molecule has 0 bridgehead atoms. The smallest absolute Gasteiger partial charge is 0.270 e. The lowest BCUT2D eigenvalue weighted by molar-refractivity contribution is 0.0774. The molecule has 0 saturated carbocycles. The van der Waals surface area contributed by atoms with Crippen molar-refractivity contribution in [2.75, 3.05) is 13.6 Å². The number of H-pyrrole nitrogens is 2. The standard InChI is InChI=1S/C17H20N4O/c1-11(2)10-21(3)17(22)15-8-12(9-20-15)13-4-6-18-16-14(13)5-7-19-16/h4-9,11,20H,10H2,1-3H3,(H,18,19). The summed E-state index contributed by atoms with van der Waals surface area (Å²) in [5, 5.41) is 1.05. The quantitative estimate of drug-likeness (QED) is 0.776. The molecule has 0 aromatic carbocycles. The zero-order valence-electron chi connectivity index (χ0n) is 13.1. The van der Waals surface area contributed by atoms with Crippen molar-refractivity contribution in [3.05, 3.63) is 42.5 Å². The summed E-state index contributed by atoms with van der Waals surface area (Å²) >= 11 is 0. The first-order valence-electron chi connectivity index (χ1n) is 7.42. The molecule has 0 aliphatic heterocycles. The van der Waals surface area contributed by atoms with Gasteiger partial charge in [-0.2, -0.15) is 0 Å². The van der Waals surface area contributed by atoms with E-state index < -0.39 is 0 Å². The second kappa shape index (κ2) is 5.67. The van der Waals surface area contributed by atoms with Gasteiger partial charge in [0.15, 0.2) is 0 Å². The van der Waals surface area contributed by atoms with Crippen molar-refractivity contribution in [3.63, 3.8) is 0 Å². The summed E-state index contributed by atoms with van der Waals surface area (Å²) in [6.45, 7) is 4.94. The number of carbonyl (C=O) groups is 1. The van der Waals surface area contributed by atoms with Gasteiger partial charge in [0.1, 0.15) is 11.3 Å². The molecule has 3 rings (SSSR count). The third kappa shape index (κ3) is 2.62. The van der Waals surface area contributed by atoms with Gasteiger partial charge in [-0.05, 0) is 29.7 Å². The van der Waals surface area contributed by atoms with E-state index in [0.717, 1.165) is 28.7 Å². The fourth-order valence-electron chi connectivity index (χ4n) is 2.72. The first-order valence-corrected chi connectivity index (χ1v) is 7.42. The number of amides is 1. The van der Waals surface area contributed by atoms with E-state index in [1.165, 1.54) is 0 Å². The second-order valence-electron chi connectivity index (χ2n) is 5.98. The maximum atomic E-state index is 12.4. The van der Waals surface area contributed by atoms with Crippen LogP contribution < -0.4 is 0 Å². The molecule has 5 nitrogen and oxygen atoms in total. The summed E-state index contributed by atoms with van der Waals surface area (Å²) in [5.74, 6) is 0.461. The van der Waals surface area contributed by atoms with Crippen LogP contribution in [0.3, 0.4) is 0 Å². The van der Waals surface area contributed by atoms with E-state index in [-0.39, 0.29) is 5.91 Å². The van der Waals surface area contributed by atoms with Crippen LogP contribution in [0, 0.1) is 5.92 Å². The van der Waals surface area contributed by atoms with Gasteiger partial charge in [-0.1, -0.05) is 13.8 Å². The predicted molar refractivity (Wildman–Crippen MR) is 87.7 cm³/mol. The van der Waals surface area contributed by atoms with Crippen molar-refractivity contribution in [2.45, 2.75) is 13.8 Å². The van der Waals surface area contributed by atoms with Crippen molar-refractivity contribution in [1.82, 2.24) is 19.9 Å². The van der Waals surface area contributed by atoms with Gasteiger partial charge in [-0.15, -0.1) is 0 Å². The topological polar surface area (TPSA) is 64.8 Å². The molecule has 0 aliphatic carbocycles. The molecule has 0 unspecified atom stereocenters. The Morgan fingerprint density at radius 1 is 1.32 bits per heavy atom. The first kappa shape index (κ1) is 14.4. The van der Waals surface area contributed by atoms with Crippen LogP contribution in [0.1, 0.15) is 24.3 Å². The lowest BCUT2D eigenvalue weighted by atomic mass is 10.1. The summed E-state index contributed by atoms with van der Waals surface area (Å²) in [5.41, 5.74) is 3.52. The van der Waals surface area contributed by atoms with Crippen molar-refractivity contribution in [3.8, 4) is 11.1 Å². The Kier molecular flexibility index (Phi) is 3.71. The Balaban J connectivity index is 1.91. The number of aromatic amines is 2. The average molecular weight is 296 g/mol. The van der Waals surface area contributed by atoms with Gasteiger partial charge in [0.25, 0.3) is 5.91 Å². The lowest BCUT2D eigenvalue weighted by Crippen LogP contribution is -2.30. The maximum absolute atomic E-state index is 12.4. The minimum absolute atomic E-state index is 0.0133. The van der Waals surface area contributed by atoms with Gasteiger partial charge in [-0.25, -0.2) is 4.98 Å². The number of pyridine rings is 1. The Morgan fingerprint density at radius 2 is 2.14 bits per heavy atom. The van der Waals surface area contributed by atoms with E-state index in [0.29, 0.717) is 11.6 Å². The molecule has 3 heterocycles. The average Bonchev–Trinajstić information content (AvgIpc) is 3.14. The van der Waals surface area contributed by atoms with Gasteiger partial charge in [-0.3, -0.25) is 4.79 Å². The molecule has 22 heavy (non-hydrogen) atoms. The Hall–Kier alpha value is -2.56. The molecule has 3 aromatic rings. The van der Waals surface area contributed by atoms with E-state index in [1.807, 2.05) is 37.6 Å². The summed E-state index contributed by atoms with van der Waals surface area (Å²) in [6, 6.07) is 5.86. The van der Waals surface area contributed by atoms with Crippen molar-refractivity contribution in [2.24, 2.45) is 5.92 Å². The van der Waals surface area contributed by atoms with Crippen LogP contribution in [0.4, 0.5) is 0 Å². The van der Waals surface area contributed by atoms with Crippen LogP contribution >= 0.6 is 0 Å². The molecule has 1 amide bonds. The number of aromatic nitrogens is 3. The van der Waals surface area contributed by atoms with Gasteiger partial charge < -0.3 is 14.9 Å². The highest BCUT2D eigenvalue weighted by molar-refractivity contribution is 5.97. The molecule has 0 saturated heterocycles. The molecule has 0 radical (unpaired) electrons. The molecule has 114 valence electrons. The Bertz CT molecular complexity index is 800. The molecule has 3 aromatic heterocycles. The number of hydrogen-bond acceptors (Lipinski definition) is 2. The fraction of sp³-hybridized carbons (Fsp3) is 0.294. The maximum Gasteiger partial charge on any atom is 0.270 e. The third-order valence-corrected chi connectivity index (χ3v) is 3.67. The molecule has 0 aliphatic rings. The van der Waals surface area contributed by atoms with Crippen LogP contribution in [0.25, 0.3) is 22.2 Å². The number of nitrogens with one attached hydrogen (secondary N) is 2. The highest BCUT2D eigenvalue weighted by Gasteiger charge is 2.16. The number of carbonyl (C=O) groups excluding carboxylic acids is 1. The van der Waals surface area contributed by atoms with E-state index in [2.05, 4.69) is 28.8 Å². The number of rotatable bonds is 4. The molecule has 0 atom stereocenters. The summed E-state index contributed by atoms with van der Waals surface area (Å²) in [6.07, 6.45) is 5.52. The molecule has 0 fully saturated rings. The minimum atomic E-state index is 0.0133. The van der Waals surface area contributed by atoms with E-state index in [4.69, 9.17) is 0 Å². The second-order valence-corrected chi connectivity index (χ2v) is 5.98. The lowest BCUT2D eigenvalue weighted by Gasteiger charge is -2.18. The predicted octanol–water partition coefficient (Wildman–Crippen LogP) is 3.29. The first-order chi connectivity index (χ1) is 10.6. The number of nitrogens with zero attached hydrogens (tertiary/aromatic N) is 2. The third-order valence-electron chi connectivity index (χ3n) is 3.67. The van der Waals surface area contributed by atoms with Crippen LogP contribution in [0.2, 0.25) is 0 Å². The largest absolute Gasteiger partial charge is 0.357 e. The molecule has 2 N–H and O–H groups in total. The zero-order chi connectivity index (χ0) is 15.7. The van der Waals surface area contributed by atoms with Gasteiger partial charge in [0.2, 0.25) is 0 Å². The Labute approximate surface area is 129 Å².